The van der Waals surface area contributed by atoms with Gasteiger partial charge in [0.25, 0.3) is 0 Å². The second kappa shape index (κ2) is 26.8. The molecule has 0 saturated carbocycles. The Balaban J connectivity index is 1.03. The molecule has 0 atom stereocenters. The number of benzene rings is 16. The van der Waals surface area contributed by atoms with Gasteiger partial charge in [-0.05, 0) is 193 Å². The zero-order valence-corrected chi connectivity index (χ0v) is 61.3. The summed E-state index contributed by atoms with van der Waals surface area (Å²) in [5.74, 6) is 0. The van der Waals surface area contributed by atoms with E-state index >= 15 is 26.3 Å². The van der Waals surface area contributed by atoms with Gasteiger partial charge in [-0.2, -0.15) is 26.3 Å². The van der Waals surface area contributed by atoms with Crippen molar-refractivity contribution < 1.29 is 26.3 Å². The summed E-state index contributed by atoms with van der Waals surface area (Å²) in [6.45, 7) is 0. The molecule has 16 aromatic carbocycles. The van der Waals surface area contributed by atoms with E-state index in [4.69, 9.17) is 0 Å². The van der Waals surface area contributed by atoms with Gasteiger partial charge in [0.1, 0.15) is 11.1 Å². The van der Waals surface area contributed by atoms with Crippen LogP contribution in [0.15, 0.2) is 370 Å². The van der Waals surface area contributed by atoms with E-state index in [-0.39, 0.29) is 39.5 Å². The average Bonchev–Trinajstić information content (AvgIpc) is 1.47. The zero-order valence-electron chi connectivity index (χ0n) is 61.3. The molecule has 0 N–H and O–H groups in total. The molecule has 10 heteroatoms. The van der Waals surface area contributed by atoms with Crippen LogP contribution in [0.2, 0.25) is 0 Å². The van der Waals surface area contributed by atoms with Gasteiger partial charge in [-0.3, -0.25) is 0 Å². The number of rotatable bonds is 12. The fourth-order valence-electron chi connectivity index (χ4n) is 18.0. The van der Waals surface area contributed by atoms with Crippen molar-refractivity contribution in [1.82, 2.24) is 18.3 Å². The van der Waals surface area contributed by atoms with Crippen LogP contribution in [-0.4, -0.2) is 18.3 Å². The Labute approximate surface area is 652 Å². The number of aromatic nitrogens is 4. The highest BCUT2D eigenvalue weighted by molar-refractivity contribution is 6.17. The van der Waals surface area contributed by atoms with Crippen LogP contribution in [0.4, 0.5) is 26.3 Å². The summed E-state index contributed by atoms with van der Waals surface area (Å²) in [5, 5.41) is 3.78. The first-order valence-electron chi connectivity index (χ1n) is 38.3. The van der Waals surface area contributed by atoms with E-state index in [1.54, 1.807) is 41.0 Å². The molecule has 0 bridgehead atoms. The van der Waals surface area contributed by atoms with Crippen molar-refractivity contribution >= 4 is 88.0 Å². The first-order valence-corrected chi connectivity index (χ1v) is 38.3. The smallest absolute Gasteiger partial charge is 0.310 e. The second-order valence-corrected chi connectivity index (χ2v) is 29.6. The quantitative estimate of drug-likeness (QED) is 0.109. The lowest BCUT2D eigenvalue weighted by Gasteiger charge is -2.32. The number of fused-ring (bicyclic) bond motifs is 12. The lowest BCUT2D eigenvalue weighted by Crippen LogP contribution is -2.26. The number of nitrogens with zero attached hydrogens (tertiary/aromatic N) is 4. The summed E-state index contributed by atoms with van der Waals surface area (Å²) in [7, 11) is 0. The van der Waals surface area contributed by atoms with Crippen LogP contribution in [0.25, 0.3) is 189 Å². The van der Waals surface area contributed by atoms with Crippen LogP contribution in [0.1, 0.15) is 34.4 Å². The molecule has 0 saturated heterocycles. The lowest BCUT2D eigenvalue weighted by molar-refractivity contribution is -0.141. The molecule has 20 aromatic rings. The SMILES string of the molecule is FC(F)(F)c1c(-n2c3c(c4cc(-c5ccccc5)ccc42)C=C(c2ccccc2)CC3)c(-n2c3ccc(-c4ccccc4)cc3c3cc(-c4ccccc4)ccc32)c(C(F)(F)F)c(-n2c3ccc(-c4ccccc4)cc3c3cc(-c4ccccc4)ccc32)c1-n1c2ccc(-c3ccccc3)cc2c2cc(-c3ccccc3)ccc21. The van der Waals surface area contributed by atoms with Crippen molar-refractivity contribution in [2.24, 2.45) is 0 Å². The van der Waals surface area contributed by atoms with E-state index in [9.17, 15) is 0 Å². The van der Waals surface area contributed by atoms with Crippen molar-refractivity contribution in [1.29, 1.82) is 0 Å². The monoisotopic (exact) mass is 1480 g/mol. The average molecular weight is 1490 g/mol. The number of halogens is 6. The Kier molecular flexibility index (Phi) is 15.9. The maximum atomic E-state index is 19.8. The van der Waals surface area contributed by atoms with Crippen LogP contribution in [-0.2, 0) is 18.8 Å². The van der Waals surface area contributed by atoms with Gasteiger partial charge in [0.15, 0.2) is 0 Å². The molecule has 0 fully saturated rings. The van der Waals surface area contributed by atoms with Crippen molar-refractivity contribution in [3.8, 4) is 101 Å². The normalized spacial score (nSPS) is 12.6. The minimum absolute atomic E-state index is 0.148. The van der Waals surface area contributed by atoms with Gasteiger partial charge in [-0.15, -0.1) is 0 Å². The molecule has 0 aliphatic heterocycles. The van der Waals surface area contributed by atoms with Crippen molar-refractivity contribution in [2.75, 3.05) is 0 Å². The molecule has 1 aliphatic carbocycles. The molecular formula is C104H66F6N4. The van der Waals surface area contributed by atoms with Crippen molar-refractivity contribution in [2.45, 2.75) is 25.2 Å². The molecule has 21 rings (SSSR count). The van der Waals surface area contributed by atoms with Crippen LogP contribution in [0.3, 0.4) is 0 Å². The minimum atomic E-state index is -5.50. The standard InChI is InChI=1S/C104H66F6N4/c105-103(106,107)97-99(111-89-49-41-73(65-25-9-1-10-26-65)57-81(89)82-58-74(42-50-90(82)111)66-27-11-2-12-28-66)100(112-91-51-43-75(67-29-13-3-14-30-67)59-83(91)84-60-76(44-52-92(84)112)68-31-15-4-16-32-68)98(104(108,109)110)102(114-95-55-47-79(71-37-21-7-22-38-71)63-87(95)88-64-80(48-56-96(88)114)72-39-23-8-24-40-72)101(97)113-93-53-45-77(69-33-17-5-18-34-69)61-85(93)86-62-78(46-54-94(86)113)70-35-19-6-20-36-70/h1-47,49-55,57-64H,48,56H2. The summed E-state index contributed by atoms with van der Waals surface area (Å²) in [6.07, 6.45) is -8.45. The largest absolute Gasteiger partial charge is 0.420 e. The Morgan fingerprint density at radius 1 is 0.193 bits per heavy atom. The third-order valence-corrected chi connectivity index (χ3v) is 23.1. The van der Waals surface area contributed by atoms with Gasteiger partial charge < -0.3 is 18.3 Å². The van der Waals surface area contributed by atoms with Crippen molar-refractivity contribution in [3.05, 3.63) is 398 Å². The topological polar surface area (TPSA) is 19.7 Å². The highest BCUT2D eigenvalue weighted by Crippen LogP contribution is 2.58. The van der Waals surface area contributed by atoms with Crippen LogP contribution in [0, 0.1) is 0 Å². The van der Waals surface area contributed by atoms with Gasteiger partial charge in [0, 0.05) is 49.0 Å². The highest BCUT2D eigenvalue weighted by atomic mass is 19.4. The van der Waals surface area contributed by atoms with Gasteiger partial charge in [-0.1, -0.05) is 285 Å². The summed E-state index contributed by atoms with van der Waals surface area (Å²) in [4.78, 5) is 0. The summed E-state index contributed by atoms with van der Waals surface area (Å²) < 4.78 is 125. The molecule has 0 unspecified atom stereocenters. The summed E-state index contributed by atoms with van der Waals surface area (Å²) in [6, 6.07) is 118. The predicted molar refractivity (Wildman–Crippen MR) is 457 cm³/mol. The second-order valence-electron chi connectivity index (χ2n) is 29.6. The molecular weight excluding hydrogens is 1420 g/mol. The molecule has 4 nitrogen and oxygen atoms in total. The fourth-order valence-corrected chi connectivity index (χ4v) is 18.0. The summed E-state index contributed by atoms with van der Waals surface area (Å²) >= 11 is 0. The number of allylic oxidation sites excluding steroid dienone is 1. The summed E-state index contributed by atoms with van der Waals surface area (Å²) in [5.41, 5.74) is 10.7. The zero-order chi connectivity index (χ0) is 76.5. The Morgan fingerprint density at radius 2 is 0.395 bits per heavy atom. The maximum absolute atomic E-state index is 19.8. The Bertz CT molecular complexity index is 6950. The van der Waals surface area contributed by atoms with Crippen molar-refractivity contribution in [3.63, 3.8) is 0 Å². The number of hydrogen-bond acceptors (Lipinski definition) is 0. The predicted octanol–water partition coefficient (Wildman–Crippen LogP) is 29.1. The van der Waals surface area contributed by atoms with Gasteiger partial charge in [0.05, 0.1) is 61.4 Å². The Hall–Kier alpha value is -14.2. The molecule has 4 heterocycles. The molecule has 0 amide bonds. The van der Waals surface area contributed by atoms with E-state index in [1.165, 1.54) is 13.7 Å². The molecule has 544 valence electrons. The lowest BCUT2D eigenvalue weighted by atomic mass is 9.90. The van der Waals surface area contributed by atoms with Crippen LogP contribution in [0.5, 0.6) is 0 Å². The van der Waals surface area contributed by atoms with Gasteiger partial charge in [0.2, 0.25) is 0 Å². The van der Waals surface area contributed by atoms with E-state index in [0.29, 0.717) is 60.9 Å². The third kappa shape index (κ3) is 11.2. The molecule has 4 aromatic heterocycles. The highest BCUT2D eigenvalue weighted by Gasteiger charge is 2.50. The van der Waals surface area contributed by atoms with E-state index in [1.807, 2.05) is 334 Å². The maximum Gasteiger partial charge on any atom is 0.420 e. The number of hydrogen-bond donors (Lipinski definition) is 0. The first kappa shape index (κ1) is 67.9. The van der Waals surface area contributed by atoms with Crippen LogP contribution >= 0.6 is 0 Å². The first-order chi connectivity index (χ1) is 55.8. The molecule has 114 heavy (non-hydrogen) atoms. The van der Waals surface area contributed by atoms with E-state index in [2.05, 4.69) is 6.08 Å². The molecule has 1 aliphatic rings. The number of alkyl halides is 6. The minimum Gasteiger partial charge on any atom is -0.310 e. The molecule has 0 radical (unpaired) electrons. The van der Waals surface area contributed by atoms with Crippen LogP contribution < -0.4 is 0 Å². The van der Waals surface area contributed by atoms with Gasteiger partial charge in [-0.25, -0.2) is 0 Å². The van der Waals surface area contributed by atoms with Gasteiger partial charge >= 0.3 is 12.4 Å². The fraction of sp³-hybridized carbons (Fsp3) is 0.0385. The van der Waals surface area contributed by atoms with E-state index < -0.39 is 46.2 Å². The third-order valence-electron chi connectivity index (χ3n) is 23.1. The molecule has 0 spiro atoms. The Morgan fingerprint density at radius 3 is 0.623 bits per heavy atom. The van der Waals surface area contributed by atoms with E-state index in [0.717, 1.165) is 89.0 Å².